The zero-order valence-electron chi connectivity index (χ0n) is 20.4. The number of pyridine rings is 1. The molecule has 4 aromatic rings. The second kappa shape index (κ2) is 10.3. The zero-order chi connectivity index (χ0) is 26.9. The van der Waals surface area contributed by atoms with Crippen LogP contribution in [-0.2, 0) is 11.2 Å². The minimum atomic E-state index is -4.70. The summed E-state index contributed by atoms with van der Waals surface area (Å²) in [7, 11) is 0. The minimum Gasteiger partial charge on any atom is -0.396 e. The Balaban J connectivity index is 1.57. The maximum Gasteiger partial charge on any atom is 0.409 e. The molecule has 0 saturated carbocycles. The normalized spacial score (nSPS) is 15.4. The predicted octanol–water partition coefficient (Wildman–Crippen LogP) is 2.83. The standard InChI is InChI=1S/C25H25F3N8O2/c1-15-2-6-20(34-33-15)31-17-4-5-18-19(12-17)36(14-30-18)21-7-3-16(8-11-37)23(32-21)24(25(26,27)28)35-10-9-29-22(38)13-35/h2-7,12,14,24,37H,8-11,13H2,1H3,(H,29,38)(H,31,34). The summed E-state index contributed by atoms with van der Waals surface area (Å²) >= 11 is 0. The highest BCUT2D eigenvalue weighted by Crippen LogP contribution is 2.39. The van der Waals surface area contributed by atoms with Crippen LogP contribution in [0.2, 0.25) is 0 Å². The van der Waals surface area contributed by atoms with Crippen molar-refractivity contribution in [2.24, 2.45) is 0 Å². The molecule has 10 nitrogen and oxygen atoms in total. The summed E-state index contributed by atoms with van der Waals surface area (Å²) in [5, 5.41) is 23.4. The fraction of sp³-hybridized carbons (Fsp3) is 0.320. The van der Waals surface area contributed by atoms with Crippen molar-refractivity contribution in [3.8, 4) is 5.82 Å². The first-order valence-electron chi connectivity index (χ1n) is 12.0. The number of amides is 1. The Morgan fingerprint density at radius 2 is 2.00 bits per heavy atom. The number of rotatable bonds is 7. The highest BCUT2D eigenvalue weighted by atomic mass is 19.4. The molecule has 0 aliphatic carbocycles. The van der Waals surface area contributed by atoms with E-state index in [4.69, 9.17) is 0 Å². The Morgan fingerprint density at radius 1 is 1.16 bits per heavy atom. The van der Waals surface area contributed by atoms with Crippen LogP contribution in [0.3, 0.4) is 0 Å². The van der Waals surface area contributed by atoms with Crippen LogP contribution in [0, 0.1) is 6.92 Å². The van der Waals surface area contributed by atoms with E-state index in [1.807, 2.05) is 19.1 Å². The third kappa shape index (κ3) is 5.29. The van der Waals surface area contributed by atoms with E-state index in [1.54, 1.807) is 28.8 Å². The van der Waals surface area contributed by atoms with Gasteiger partial charge in [-0.25, -0.2) is 9.97 Å². The molecule has 1 aliphatic rings. The number of carbonyl (C=O) groups excluding carboxylic acids is 1. The third-order valence-corrected chi connectivity index (χ3v) is 6.25. The molecule has 0 radical (unpaired) electrons. The lowest BCUT2D eigenvalue weighted by Gasteiger charge is -2.35. The molecule has 5 rings (SSSR count). The number of hydrogen-bond donors (Lipinski definition) is 3. The molecule has 198 valence electrons. The highest BCUT2D eigenvalue weighted by Gasteiger charge is 2.47. The van der Waals surface area contributed by atoms with Gasteiger partial charge in [0.25, 0.3) is 0 Å². The fourth-order valence-corrected chi connectivity index (χ4v) is 4.49. The lowest BCUT2D eigenvalue weighted by atomic mass is 10.0. The molecule has 1 aliphatic heterocycles. The number of benzene rings is 1. The van der Waals surface area contributed by atoms with E-state index in [0.717, 1.165) is 10.6 Å². The first-order valence-corrected chi connectivity index (χ1v) is 12.0. The number of nitrogens with zero attached hydrogens (tertiary/aromatic N) is 6. The van der Waals surface area contributed by atoms with Crippen molar-refractivity contribution in [1.29, 1.82) is 0 Å². The minimum absolute atomic E-state index is 0.00837. The number of anilines is 2. The van der Waals surface area contributed by atoms with Gasteiger partial charge in [-0.1, -0.05) is 6.07 Å². The van der Waals surface area contributed by atoms with Gasteiger partial charge in [0.05, 0.1) is 29.0 Å². The van der Waals surface area contributed by atoms with Crippen molar-refractivity contribution in [2.45, 2.75) is 25.6 Å². The van der Waals surface area contributed by atoms with E-state index in [2.05, 4.69) is 30.8 Å². The highest BCUT2D eigenvalue weighted by molar-refractivity contribution is 5.82. The number of imidazole rings is 1. The van der Waals surface area contributed by atoms with Gasteiger partial charge in [-0.2, -0.15) is 18.3 Å². The van der Waals surface area contributed by atoms with Crippen LogP contribution in [0.4, 0.5) is 24.7 Å². The van der Waals surface area contributed by atoms with Gasteiger partial charge in [-0.15, -0.1) is 5.10 Å². The van der Waals surface area contributed by atoms with Gasteiger partial charge in [0.15, 0.2) is 5.82 Å². The summed E-state index contributed by atoms with van der Waals surface area (Å²) in [4.78, 5) is 21.8. The number of aliphatic hydroxyl groups is 1. The summed E-state index contributed by atoms with van der Waals surface area (Å²) in [6.45, 7) is 1.21. The molecule has 38 heavy (non-hydrogen) atoms. The van der Waals surface area contributed by atoms with Crippen LogP contribution in [0.15, 0.2) is 48.8 Å². The number of aromatic nitrogens is 5. The zero-order valence-corrected chi connectivity index (χ0v) is 20.4. The first kappa shape index (κ1) is 25.5. The number of piperazine rings is 1. The summed E-state index contributed by atoms with van der Waals surface area (Å²) in [6, 6.07) is 10.0. The second-order valence-corrected chi connectivity index (χ2v) is 8.96. The number of hydrogen-bond acceptors (Lipinski definition) is 8. The Morgan fingerprint density at radius 3 is 2.71 bits per heavy atom. The number of aliphatic hydroxyl groups excluding tert-OH is 1. The van der Waals surface area contributed by atoms with Crippen LogP contribution in [0.5, 0.6) is 0 Å². The van der Waals surface area contributed by atoms with E-state index in [9.17, 15) is 23.1 Å². The molecule has 1 aromatic carbocycles. The SMILES string of the molecule is Cc1ccc(Nc2ccc3ncn(-c4ccc(CCO)c(C(N5CCNC(=O)C5)C(F)(F)F)n4)c3c2)nn1. The Kier molecular flexibility index (Phi) is 6.95. The van der Waals surface area contributed by atoms with E-state index in [0.29, 0.717) is 22.5 Å². The van der Waals surface area contributed by atoms with E-state index >= 15 is 0 Å². The van der Waals surface area contributed by atoms with Crippen LogP contribution in [-0.4, -0.2) is 73.1 Å². The van der Waals surface area contributed by atoms with Gasteiger partial charge < -0.3 is 15.7 Å². The molecular weight excluding hydrogens is 501 g/mol. The Hall–Kier alpha value is -4.10. The number of alkyl halides is 3. The van der Waals surface area contributed by atoms with Gasteiger partial charge in [0, 0.05) is 25.4 Å². The van der Waals surface area contributed by atoms with Crippen LogP contribution in [0.25, 0.3) is 16.9 Å². The summed E-state index contributed by atoms with van der Waals surface area (Å²) in [5.74, 6) is 0.282. The first-order chi connectivity index (χ1) is 18.2. The van der Waals surface area contributed by atoms with Crippen molar-refractivity contribution in [2.75, 3.05) is 31.6 Å². The quantitative estimate of drug-likeness (QED) is 0.336. The van der Waals surface area contributed by atoms with Gasteiger partial charge in [-0.05, 0) is 55.3 Å². The summed E-state index contributed by atoms with van der Waals surface area (Å²) in [5.41, 5.74) is 2.71. The van der Waals surface area contributed by atoms with E-state index in [1.165, 1.54) is 12.4 Å². The largest absolute Gasteiger partial charge is 0.409 e. The van der Waals surface area contributed by atoms with E-state index in [-0.39, 0.29) is 43.2 Å². The summed E-state index contributed by atoms with van der Waals surface area (Å²) < 4.78 is 44.9. The van der Waals surface area contributed by atoms with Crippen molar-refractivity contribution in [3.05, 3.63) is 65.7 Å². The average molecular weight is 527 g/mol. The number of nitrogens with one attached hydrogen (secondary N) is 2. The molecule has 3 aromatic heterocycles. The number of carbonyl (C=O) groups is 1. The van der Waals surface area contributed by atoms with Crippen LogP contribution >= 0.6 is 0 Å². The molecule has 1 amide bonds. The average Bonchev–Trinajstić information content (AvgIpc) is 3.29. The van der Waals surface area contributed by atoms with E-state index < -0.39 is 24.7 Å². The monoisotopic (exact) mass is 526 g/mol. The summed E-state index contributed by atoms with van der Waals surface area (Å²) in [6.07, 6.45) is -3.21. The van der Waals surface area contributed by atoms with Crippen molar-refractivity contribution in [3.63, 3.8) is 0 Å². The predicted molar refractivity (Wildman–Crippen MR) is 133 cm³/mol. The number of halogens is 3. The molecule has 0 bridgehead atoms. The van der Waals surface area contributed by atoms with Gasteiger partial charge in [-0.3, -0.25) is 14.3 Å². The van der Waals surface area contributed by atoms with Crippen molar-refractivity contribution < 1.29 is 23.1 Å². The molecule has 3 N–H and O–H groups in total. The number of aryl methyl sites for hydroxylation is 1. The van der Waals surface area contributed by atoms with Crippen LogP contribution < -0.4 is 10.6 Å². The molecular formula is C25H25F3N8O2. The molecule has 1 unspecified atom stereocenters. The Labute approximate surface area is 215 Å². The second-order valence-electron chi connectivity index (χ2n) is 8.96. The molecule has 1 saturated heterocycles. The van der Waals surface area contributed by atoms with Crippen molar-refractivity contribution in [1.82, 2.24) is 34.9 Å². The van der Waals surface area contributed by atoms with Gasteiger partial charge in [0.1, 0.15) is 18.2 Å². The third-order valence-electron chi connectivity index (χ3n) is 6.25. The molecule has 1 fully saturated rings. The van der Waals surface area contributed by atoms with Crippen LogP contribution in [0.1, 0.15) is 23.0 Å². The molecule has 1 atom stereocenters. The fourth-order valence-electron chi connectivity index (χ4n) is 4.49. The smallest absolute Gasteiger partial charge is 0.396 e. The molecule has 4 heterocycles. The van der Waals surface area contributed by atoms with Gasteiger partial charge in [0.2, 0.25) is 5.91 Å². The topological polar surface area (TPSA) is 121 Å². The maximum atomic E-state index is 14.4. The Bertz CT molecular complexity index is 1460. The maximum absolute atomic E-state index is 14.4. The number of fused-ring (bicyclic) bond motifs is 1. The molecule has 0 spiro atoms. The molecule has 13 heteroatoms. The lowest BCUT2D eigenvalue weighted by molar-refractivity contribution is -0.190. The van der Waals surface area contributed by atoms with Crippen molar-refractivity contribution >= 4 is 28.4 Å². The van der Waals surface area contributed by atoms with Gasteiger partial charge >= 0.3 is 6.18 Å². The lowest BCUT2D eigenvalue weighted by Crippen LogP contribution is -2.52.